The van der Waals surface area contributed by atoms with E-state index in [0.717, 1.165) is 11.0 Å². The molecule has 29 heavy (non-hydrogen) atoms. The van der Waals surface area contributed by atoms with Crippen molar-refractivity contribution in [3.05, 3.63) is 70.8 Å². The van der Waals surface area contributed by atoms with E-state index in [4.69, 9.17) is 9.84 Å². The van der Waals surface area contributed by atoms with Crippen LogP contribution in [0.25, 0.3) is 5.76 Å². The summed E-state index contributed by atoms with van der Waals surface area (Å²) in [5.74, 6) is -4.05. The standard InChI is InChI=1S/C21H19F2NO5/c1-29-16-8-7-12(11-15(16)23)19(26)17-18(13-5-2-3-6-14(13)22)24(9-4-10-25)21(28)20(17)27/h2-3,5-8,11,18,25-26H,4,9-10H2,1H3/b19-17-. The Morgan fingerprint density at radius 2 is 1.86 bits per heavy atom. The fraction of sp³-hybridized carbons (Fsp3) is 0.238. The highest BCUT2D eigenvalue weighted by molar-refractivity contribution is 6.46. The second-order valence-electron chi connectivity index (χ2n) is 6.44. The first-order chi connectivity index (χ1) is 13.9. The third kappa shape index (κ3) is 3.71. The molecule has 1 heterocycles. The van der Waals surface area contributed by atoms with Gasteiger partial charge in [-0.1, -0.05) is 18.2 Å². The molecule has 1 atom stereocenters. The summed E-state index contributed by atoms with van der Waals surface area (Å²) >= 11 is 0. The van der Waals surface area contributed by atoms with Crippen molar-refractivity contribution in [3.8, 4) is 5.75 Å². The van der Waals surface area contributed by atoms with Gasteiger partial charge in [-0.2, -0.15) is 0 Å². The average molecular weight is 403 g/mol. The lowest BCUT2D eigenvalue weighted by Gasteiger charge is -2.25. The van der Waals surface area contributed by atoms with Gasteiger partial charge in [-0.15, -0.1) is 0 Å². The van der Waals surface area contributed by atoms with E-state index in [0.29, 0.717) is 0 Å². The van der Waals surface area contributed by atoms with E-state index in [-0.39, 0.29) is 42.0 Å². The Kier molecular flexibility index (Phi) is 5.93. The summed E-state index contributed by atoms with van der Waals surface area (Å²) in [6, 6.07) is 7.94. The molecule has 0 saturated carbocycles. The van der Waals surface area contributed by atoms with Crippen molar-refractivity contribution in [1.82, 2.24) is 4.90 Å². The summed E-state index contributed by atoms with van der Waals surface area (Å²) in [5, 5.41) is 19.9. The number of Topliss-reactive ketones (excluding diaryl/α,β-unsaturated/α-hetero) is 1. The zero-order valence-electron chi connectivity index (χ0n) is 15.6. The molecule has 1 fully saturated rings. The van der Waals surface area contributed by atoms with Crippen LogP contribution in [-0.2, 0) is 9.59 Å². The van der Waals surface area contributed by atoms with Crippen molar-refractivity contribution in [2.45, 2.75) is 12.5 Å². The van der Waals surface area contributed by atoms with Crippen LogP contribution in [0.5, 0.6) is 5.75 Å². The number of carbonyl (C=O) groups is 2. The van der Waals surface area contributed by atoms with Gasteiger partial charge in [0.05, 0.1) is 18.7 Å². The molecule has 1 amide bonds. The quantitative estimate of drug-likeness (QED) is 0.440. The molecular formula is C21H19F2NO5. The number of ether oxygens (including phenoxy) is 1. The van der Waals surface area contributed by atoms with Gasteiger partial charge in [0.15, 0.2) is 11.6 Å². The van der Waals surface area contributed by atoms with Crippen LogP contribution in [0.1, 0.15) is 23.6 Å². The van der Waals surface area contributed by atoms with Gasteiger partial charge in [-0.3, -0.25) is 9.59 Å². The molecule has 2 aromatic carbocycles. The molecule has 3 rings (SSSR count). The van der Waals surface area contributed by atoms with Crippen LogP contribution in [0.3, 0.4) is 0 Å². The van der Waals surface area contributed by atoms with Crippen molar-refractivity contribution in [2.24, 2.45) is 0 Å². The Morgan fingerprint density at radius 3 is 2.48 bits per heavy atom. The number of halogens is 2. The number of likely N-dealkylation sites (tertiary alicyclic amines) is 1. The SMILES string of the molecule is COc1ccc(/C(O)=C2/C(=O)C(=O)N(CCCO)C2c2ccccc2F)cc1F. The minimum Gasteiger partial charge on any atom is -0.507 e. The lowest BCUT2D eigenvalue weighted by Crippen LogP contribution is -2.31. The van der Waals surface area contributed by atoms with E-state index < -0.39 is 35.1 Å². The lowest BCUT2D eigenvalue weighted by atomic mass is 9.95. The lowest BCUT2D eigenvalue weighted by molar-refractivity contribution is -0.140. The van der Waals surface area contributed by atoms with E-state index >= 15 is 0 Å². The fourth-order valence-electron chi connectivity index (χ4n) is 3.34. The Bertz CT molecular complexity index is 989. The van der Waals surface area contributed by atoms with Crippen LogP contribution in [0.15, 0.2) is 48.0 Å². The maximum atomic E-state index is 14.5. The molecule has 0 spiro atoms. The van der Waals surface area contributed by atoms with Crippen LogP contribution < -0.4 is 4.74 Å². The third-order valence-corrected chi connectivity index (χ3v) is 4.72. The molecule has 152 valence electrons. The summed E-state index contributed by atoms with van der Waals surface area (Å²) in [6.07, 6.45) is 0.162. The van der Waals surface area contributed by atoms with Crippen molar-refractivity contribution in [1.29, 1.82) is 0 Å². The number of benzene rings is 2. The van der Waals surface area contributed by atoms with Crippen LogP contribution in [0.2, 0.25) is 0 Å². The van der Waals surface area contributed by atoms with Crippen LogP contribution in [-0.4, -0.2) is 47.1 Å². The number of carbonyl (C=O) groups excluding carboxylic acids is 2. The molecule has 2 N–H and O–H groups in total. The Morgan fingerprint density at radius 1 is 1.14 bits per heavy atom. The summed E-state index contributed by atoms with van der Waals surface area (Å²) in [4.78, 5) is 26.3. The molecule has 0 radical (unpaired) electrons. The maximum absolute atomic E-state index is 14.5. The van der Waals surface area contributed by atoms with Crippen molar-refractivity contribution in [3.63, 3.8) is 0 Å². The molecule has 1 unspecified atom stereocenters. The average Bonchev–Trinajstić information content (AvgIpc) is 2.96. The van der Waals surface area contributed by atoms with E-state index in [2.05, 4.69) is 0 Å². The number of hydrogen-bond donors (Lipinski definition) is 2. The molecule has 0 aromatic heterocycles. The van der Waals surface area contributed by atoms with Crippen molar-refractivity contribution < 1.29 is 33.3 Å². The van der Waals surface area contributed by atoms with Gasteiger partial charge in [-0.05, 0) is 30.7 Å². The Hall–Kier alpha value is -3.26. The third-order valence-electron chi connectivity index (χ3n) is 4.72. The number of amides is 1. The van der Waals surface area contributed by atoms with E-state index in [9.17, 15) is 23.5 Å². The number of methoxy groups -OCH3 is 1. The zero-order chi connectivity index (χ0) is 21.1. The highest BCUT2D eigenvalue weighted by atomic mass is 19.1. The number of hydrogen-bond acceptors (Lipinski definition) is 5. The molecule has 1 saturated heterocycles. The normalized spacial score (nSPS) is 18.3. The van der Waals surface area contributed by atoms with Gasteiger partial charge < -0.3 is 19.8 Å². The van der Waals surface area contributed by atoms with Crippen LogP contribution in [0.4, 0.5) is 8.78 Å². The predicted octanol–water partition coefficient (Wildman–Crippen LogP) is 2.78. The van der Waals surface area contributed by atoms with Gasteiger partial charge in [-0.25, -0.2) is 8.78 Å². The van der Waals surface area contributed by atoms with E-state index in [1.165, 1.54) is 43.5 Å². The summed E-state index contributed by atoms with van der Waals surface area (Å²) in [5.41, 5.74) is -0.382. The summed E-state index contributed by atoms with van der Waals surface area (Å²) < 4.78 is 33.4. The second-order valence-corrected chi connectivity index (χ2v) is 6.44. The van der Waals surface area contributed by atoms with Crippen molar-refractivity contribution >= 4 is 17.4 Å². The fourth-order valence-corrected chi connectivity index (χ4v) is 3.34. The molecule has 1 aliphatic heterocycles. The topological polar surface area (TPSA) is 87.1 Å². The van der Waals surface area contributed by atoms with Gasteiger partial charge in [0.25, 0.3) is 11.7 Å². The van der Waals surface area contributed by atoms with Crippen LogP contribution >= 0.6 is 0 Å². The predicted molar refractivity (Wildman–Crippen MR) is 100 cm³/mol. The van der Waals surface area contributed by atoms with Gasteiger partial charge in [0, 0.05) is 24.3 Å². The number of rotatable bonds is 6. The molecule has 8 heteroatoms. The number of ketones is 1. The second kappa shape index (κ2) is 8.40. The molecular weight excluding hydrogens is 384 g/mol. The Labute approximate surface area is 165 Å². The molecule has 2 aromatic rings. The molecule has 0 aliphatic carbocycles. The number of nitrogens with zero attached hydrogens (tertiary/aromatic N) is 1. The van der Waals surface area contributed by atoms with E-state index in [1.807, 2.05) is 0 Å². The molecule has 6 nitrogen and oxygen atoms in total. The number of aliphatic hydroxyl groups excluding tert-OH is 2. The minimum atomic E-state index is -1.20. The Balaban J connectivity index is 2.19. The molecule has 0 bridgehead atoms. The largest absolute Gasteiger partial charge is 0.507 e. The minimum absolute atomic E-state index is 0.0140. The van der Waals surface area contributed by atoms with E-state index in [1.54, 1.807) is 0 Å². The monoisotopic (exact) mass is 403 g/mol. The number of aliphatic hydroxyl groups is 2. The van der Waals surface area contributed by atoms with Gasteiger partial charge in [0.2, 0.25) is 0 Å². The highest BCUT2D eigenvalue weighted by Gasteiger charge is 2.46. The summed E-state index contributed by atoms with van der Waals surface area (Å²) in [7, 11) is 1.28. The van der Waals surface area contributed by atoms with Gasteiger partial charge >= 0.3 is 0 Å². The smallest absolute Gasteiger partial charge is 0.295 e. The maximum Gasteiger partial charge on any atom is 0.295 e. The first-order valence-corrected chi connectivity index (χ1v) is 8.88. The van der Waals surface area contributed by atoms with Crippen LogP contribution in [0, 0.1) is 11.6 Å². The van der Waals surface area contributed by atoms with Gasteiger partial charge in [0.1, 0.15) is 11.6 Å². The first kappa shape index (κ1) is 20.5. The molecule has 1 aliphatic rings. The van der Waals surface area contributed by atoms with Crippen molar-refractivity contribution in [2.75, 3.05) is 20.3 Å². The highest BCUT2D eigenvalue weighted by Crippen LogP contribution is 2.40. The zero-order valence-corrected chi connectivity index (χ0v) is 15.6. The first-order valence-electron chi connectivity index (χ1n) is 8.88. The summed E-state index contributed by atoms with van der Waals surface area (Å²) in [6.45, 7) is -0.259.